The van der Waals surface area contributed by atoms with Gasteiger partial charge in [-0.15, -0.1) is 0 Å². The van der Waals surface area contributed by atoms with Gasteiger partial charge in [0, 0.05) is 5.69 Å². The third kappa shape index (κ3) is 3.20. The molecule has 1 unspecified atom stereocenters. The lowest BCUT2D eigenvalue weighted by Crippen LogP contribution is -2.18. The number of carbonyl (C=O) groups excluding carboxylic acids is 1. The zero-order valence-electron chi connectivity index (χ0n) is 10.6. The molecule has 0 fully saturated rings. The van der Waals surface area contributed by atoms with Crippen LogP contribution >= 0.6 is 0 Å². The average Bonchev–Trinajstić information content (AvgIpc) is 2.46. The first-order valence-corrected chi connectivity index (χ1v) is 6.03. The first kappa shape index (κ1) is 12.8. The summed E-state index contributed by atoms with van der Waals surface area (Å²) in [5, 5.41) is 12.0. The van der Waals surface area contributed by atoms with E-state index in [1.54, 1.807) is 31.2 Å². The Labute approximate surface area is 112 Å². The Morgan fingerprint density at radius 3 is 2.26 bits per heavy atom. The van der Waals surface area contributed by atoms with E-state index in [-0.39, 0.29) is 5.78 Å². The molecule has 1 N–H and O–H groups in total. The maximum atomic E-state index is 11.8. The summed E-state index contributed by atoms with van der Waals surface area (Å²) in [6.07, 6.45) is 0. The van der Waals surface area contributed by atoms with Gasteiger partial charge in [-0.2, -0.15) is 5.26 Å². The quantitative estimate of drug-likeness (QED) is 0.905. The topological polar surface area (TPSA) is 52.9 Å². The summed E-state index contributed by atoms with van der Waals surface area (Å²) in [5.74, 6) is 0.0357. The van der Waals surface area contributed by atoms with E-state index in [1.807, 2.05) is 30.3 Å². The number of hydrogen-bond donors (Lipinski definition) is 1. The van der Waals surface area contributed by atoms with Crippen molar-refractivity contribution in [3.05, 3.63) is 65.7 Å². The predicted molar refractivity (Wildman–Crippen MR) is 74.6 cm³/mol. The zero-order valence-corrected chi connectivity index (χ0v) is 10.6. The van der Waals surface area contributed by atoms with E-state index < -0.39 is 6.04 Å². The second-order valence-corrected chi connectivity index (χ2v) is 4.29. The van der Waals surface area contributed by atoms with Gasteiger partial charge in [0.2, 0.25) is 0 Å². The molecule has 3 nitrogen and oxygen atoms in total. The lowest BCUT2D eigenvalue weighted by molar-refractivity contribution is -0.117. The van der Waals surface area contributed by atoms with Crippen LogP contribution in [0.2, 0.25) is 0 Å². The summed E-state index contributed by atoms with van der Waals surface area (Å²) in [6, 6.07) is 18.3. The van der Waals surface area contributed by atoms with Gasteiger partial charge in [-0.05, 0) is 36.8 Å². The highest BCUT2D eigenvalue weighted by Gasteiger charge is 2.16. The normalized spacial score (nSPS) is 11.4. The zero-order chi connectivity index (χ0) is 13.7. The molecule has 2 aromatic carbocycles. The fourth-order valence-corrected chi connectivity index (χ4v) is 1.87. The molecule has 0 aliphatic heterocycles. The monoisotopic (exact) mass is 250 g/mol. The van der Waals surface area contributed by atoms with E-state index in [0.717, 1.165) is 11.3 Å². The molecule has 0 amide bonds. The Bertz CT molecular complexity index is 597. The van der Waals surface area contributed by atoms with Gasteiger partial charge in [-0.1, -0.05) is 30.3 Å². The van der Waals surface area contributed by atoms with Gasteiger partial charge < -0.3 is 5.32 Å². The lowest BCUT2D eigenvalue weighted by Gasteiger charge is -2.17. The Hall–Kier alpha value is -2.60. The fraction of sp³-hybridized carbons (Fsp3) is 0.125. The van der Waals surface area contributed by atoms with Crippen LogP contribution in [0.5, 0.6) is 0 Å². The molecule has 0 aliphatic rings. The summed E-state index contributed by atoms with van der Waals surface area (Å²) in [4.78, 5) is 11.8. The number of ketones is 1. The first-order valence-electron chi connectivity index (χ1n) is 6.03. The minimum Gasteiger partial charge on any atom is -0.372 e. The summed E-state index contributed by atoms with van der Waals surface area (Å²) in [7, 11) is 0. The number of hydrogen-bond acceptors (Lipinski definition) is 3. The molecule has 0 saturated heterocycles. The van der Waals surface area contributed by atoms with Crippen molar-refractivity contribution in [2.24, 2.45) is 0 Å². The van der Waals surface area contributed by atoms with E-state index >= 15 is 0 Å². The molecule has 0 aliphatic carbocycles. The van der Waals surface area contributed by atoms with Crippen molar-refractivity contribution >= 4 is 11.5 Å². The molecule has 0 spiro atoms. The summed E-state index contributed by atoms with van der Waals surface area (Å²) in [5.41, 5.74) is 2.34. The van der Waals surface area contributed by atoms with Crippen molar-refractivity contribution in [3.8, 4) is 6.07 Å². The Morgan fingerprint density at radius 1 is 1.11 bits per heavy atom. The van der Waals surface area contributed by atoms with E-state index in [4.69, 9.17) is 5.26 Å². The number of nitrogens with one attached hydrogen (secondary N) is 1. The molecule has 1 atom stereocenters. The highest BCUT2D eigenvalue weighted by molar-refractivity contribution is 5.85. The van der Waals surface area contributed by atoms with Crippen molar-refractivity contribution < 1.29 is 4.79 Å². The number of para-hydroxylation sites is 1. The minimum atomic E-state index is -0.393. The lowest BCUT2D eigenvalue weighted by atomic mass is 10.0. The smallest absolute Gasteiger partial charge is 0.156 e. The number of nitrogens with zero attached hydrogens (tertiary/aromatic N) is 1. The molecule has 19 heavy (non-hydrogen) atoms. The van der Waals surface area contributed by atoms with Crippen LogP contribution in [-0.4, -0.2) is 5.78 Å². The van der Waals surface area contributed by atoms with E-state index in [2.05, 4.69) is 11.4 Å². The first-order chi connectivity index (χ1) is 9.20. The Kier molecular flexibility index (Phi) is 3.94. The van der Waals surface area contributed by atoms with Gasteiger partial charge in [-0.3, -0.25) is 4.79 Å². The van der Waals surface area contributed by atoms with Crippen LogP contribution in [-0.2, 0) is 4.79 Å². The van der Waals surface area contributed by atoms with Crippen molar-refractivity contribution in [1.29, 1.82) is 5.26 Å². The molecule has 3 heteroatoms. The third-order valence-electron chi connectivity index (χ3n) is 2.86. The molecule has 0 radical (unpaired) electrons. The number of Topliss-reactive ketones (excluding diaryl/α,β-unsaturated/α-hetero) is 1. The number of nitriles is 1. The van der Waals surface area contributed by atoms with Gasteiger partial charge in [0.15, 0.2) is 5.78 Å². The minimum absolute atomic E-state index is 0.0357. The number of carbonyl (C=O) groups is 1. The van der Waals surface area contributed by atoms with Gasteiger partial charge in [-0.25, -0.2) is 0 Å². The van der Waals surface area contributed by atoms with Crippen molar-refractivity contribution in [2.45, 2.75) is 13.0 Å². The summed E-state index contributed by atoms with van der Waals surface area (Å²) >= 11 is 0. The fourth-order valence-electron chi connectivity index (χ4n) is 1.87. The molecule has 2 rings (SSSR count). The van der Waals surface area contributed by atoms with Gasteiger partial charge >= 0.3 is 0 Å². The molecular weight excluding hydrogens is 236 g/mol. The van der Waals surface area contributed by atoms with E-state index in [0.29, 0.717) is 5.56 Å². The van der Waals surface area contributed by atoms with Crippen molar-refractivity contribution in [2.75, 3.05) is 5.32 Å². The van der Waals surface area contributed by atoms with Crippen LogP contribution < -0.4 is 5.32 Å². The molecular formula is C16H14N2O. The molecule has 0 aromatic heterocycles. The molecule has 0 heterocycles. The van der Waals surface area contributed by atoms with Crippen LogP contribution in [0.15, 0.2) is 54.6 Å². The van der Waals surface area contributed by atoms with Crippen molar-refractivity contribution in [1.82, 2.24) is 0 Å². The number of anilines is 1. The highest BCUT2D eigenvalue weighted by atomic mass is 16.1. The van der Waals surface area contributed by atoms with Crippen LogP contribution in [0.4, 0.5) is 5.69 Å². The highest BCUT2D eigenvalue weighted by Crippen LogP contribution is 2.20. The van der Waals surface area contributed by atoms with Gasteiger partial charge in [0.25, 0.3) is 0 Å². The van der Waals surface area contributed by atoms with Crippen LogP contribution in [0, 0.1) is 11.3 Å². The van der Waals surface area contributed by atoms with Gasteiger partial charge in [0.1, 0.15) is 6.04 Å². The maximum absolute atomic E-state index is 11.8. The van der Waals surface area contributed by atoms with E-state index in [9.17, 15) is 4.79 Å². The summed E-state index contributed by atoms with van der Waals surface area (Å²) in [6.45, 7) is 1.55. The van der Waals surface area contributed by atoms with Crippen molar-refractivity contribution in [3.63, 3.8) is 0 Å². The Balaban J connectivity index is 2.25. The van der Waals surface area contributed by atoms with Gasteiger partial charge in [0.05, 0.1) is 11.6 Å². The third-order valence-corrected chi connectivity index (χ3v) is 2.86. The number of rotatable bonds is 4. The molecule has 0 bridgehead atoms. The van der Waals surface area contributed by atoms with Crippen LogP contribution in [0.1, 0.15) is 24.1 Å². The SMILES string of the molecule is CC(=O)C(Nc1ccccc1)c1ccc(C#N)cc1. The average molecular weight is 250 g/mol. The second kappa shape index (κ2) is 5.83. The molecule has 2 aromatic rings. The largest absolute Gasteiger partial charge is 0.372 e. The second-order valence-electron chi connectivity index (χ2n) is 4.29. The Morgan fingerprint density at radius 2 is 1.74 bits per heavy atom. The van der Waals surface area contributed by atoms with Crippen LogP contribution in [0.25, 0.3) is 0 Å². The number of benzene rings is 2. The van der Waals surface area contributed by atoms with E-state index in [1.165, 1.54) is 0 Å². The van der Waals surface area contributed by atoms with Crippen LogP contribution in [0.3, 0.4) is 0 Å². The molecule has 0 saturated carbocycles. The summed E-state index contributed by atoms with van der Waals surface area (Å²) < 4.78 is 0. The predicted octanol–water partition coefficient (Wildman–Crippen LogP) is 3.30. The molecule has 94 valence electrons. The maximum Gasteiger partial charge on any atom is 0.156 e. The standard InChI is InChI=1S/C16H14N2O/c1-12(19)16(18-15-5-3-2-4-6-15)14-9-7-13(11-17)8-10-14/h2-10,16,18H,1H3.